The van der Waals surface area contributed by atoms with Gasteiger partial charge < -0.3 is 5.73 Å². The Kier molecular flexibility index (Phi) is 5.20. The molecule has 84 valence electrons. The van der Waals surface area contributed by atoms with Crippen LogP contribution >= 0.6 is 11.8 Å². The molecule has 0 fully saturated rings. The van der Waals surface area contributed by atoms with Crippen molar-refractivity contribution in [3.05, 3.63) is 29.8 Å². The van der Waals surface area contributed by atoms with Gasteiger partial charge in [0.25, 0.3) is 0 Å². The lowest BCUT2D eigenvalue weighted by Crippen LogP contribution is -2.08. The maximum atomic E-state index is 5.61. The number of thioether (sulfide) groups is 1. The molecule has 1 unspecified atom stereocenters. The van der Waals surface area contributed by atoms with Gasteiger partial charge >= 0.3 is 0 Å². The minimum absolute atomic E-state index is 0.656. The molecule has 1 aromatic carbocycles. The van der Waals surface area contributed by atoms with E-state index < -0.39 is 0 Å². The number of hydrogen-bond donors (Lipinski definition) is 1. The van der Waals surface area contributed by atoms with E-state index in [1.54, 1.807) is 0 Å². The molecule has 1 atom stereocenters. The van der Waals surface area contributed by atoms with Crippen LogP contribution in [0.1, 0.15) is 26.3 Å². The molecule has 1 rings (SSSR count). The molecule has 2 N–H and O–H groups in total. The highest BCUT2D eigenvalue weighted by molar-refractivity contribution is 8.00. The van der Waals surface area contributed by atoms with E-state index in [0.29, 0.717) is 11.2 Å². The first-order valence-corrected chi connectivity index (χ1v) is 6.47. The van der Waals surface area contributed by atoms with E-state index in [4.69, 9.17) is 5.73 Å². The van der Waals surface area contributed by atoms with Crippen LogP contribution < -0.4 is 5.73 Å². The summed E-state index contributed by atoms with van der Waals surface area (Å²) in [4.78, 5) is 1.39. The van der Waals surface area contributed by atoms with Crippen LogP contribution in [-0.2, 0) is 6.42 Å². The molecule has 0 heterocycles. The topological polar surface area (TPSA) is 26.0 Å². The smallest absolute Gasteiger partial charge is 0.0107 e. The fraction of sp³-hybridized carbons (Fsp3) is 0.538. The Hall–Kier alpha value is -0.470. The monoisotopic (exact) mass is 223 g/mol. The van der Waals surface area contributed by atoms with Gasteiger partial charge in [0.2, 0.25) is 0 Å². The molecule has 1 aromatic rings. The van der Waals surface area contributed by atoms with Crippen LogP contribution in [0.2, 0.25) is 0 Å². The molecule has 0 bridgehead atoms. The Morgan fingerprint density at radius 1 is 1.20 bits per heavy atom. The molecule has 1 nitrogen and oxygen atoms in total. The van der Waals surface area contributed by atoms with Crippen molar-refractivity contribution in [3.63, 3.8) is 0 Å². The Balaban J connectivity index is 2.74. The lowest BCUT2D eigenvalue weighted by molar-refractivity contribution is 0.642. The lowest BCUT2D eigenvalue weighted by Gasteiger charge is -2.17. The SMILES string of the molecule is CC(C)C(C)Sc1ccccc1CCN. The van der Waals surface area contributed by atoms with Gasteiger partial charge in [-0.05, 0) is 30.5 Å². The molecular weight excluding hydrogens is 202 g/mol. The summed E-state index contributed by atoms with van der Waals surface area (Å²) in [5, 5.41) is 0.656. The largest absolute Gasteiger partial charge is 0.330 e. The highest BCUT2D eigenvalue weighted by Crippen LogP contribution is 2.30. The minimum atomic E-state index is 0.656. The van der Waals surface area contributed by atoms with Crippen molar-refractivity contribution in [2.75, 3.05) is 6.54 Å². The summed E-state index contributed by atoms with van der Waals surface area (Å²) in [5.74, 6) is 0.709. The van der Waals surface area contributed by atoms with Crippen molar-refractivity contribution in [1.82, 2.24) is 0 Å². The van der Waals surface area contributed by atoms with Gasteiger partial charge in [-0.25, -0.2) is 0 Å². The Labute approximate surface area is 97.4 Å². The second-order valence-corrected chi connectivity index (χ2v) is 5.63. The Bertz CT molecular complexity index is 296. The van der Waals surface area contributed by atoms with Crippen LogP contribution in [0, 0.1) is 5.92 Å². The minimum Gasteiger partial charge on any atom is -0.330 e. The summed E-state index contributed by atoms with van der Waals surface area (Å²) in [6, 6.07) is 8.58. The third-order valence-electron chi connectivity index (χ3n) is 2.64. The molecule has 0 saturated heterocycles. The van der Waals surface area contributed by atoms with Gasteiger partial charge in [-0.2, -0.15) is 0 Å². The summed E-state index contributed by atoms with van der Waals surface area (Å²) in [6.45, 7) is 7.55. The van der Waals surface area contributed by atoms with Crippen LogP contribution in [0.5, 0.6) is 0 Å². The van der Waals surface area contributed by atoms with E-state index in [-0.39, 0.29) is 0 Å². The molecule has 2 heteroatoms. The number of benzene rings is 1. The highest BCUT2D eigenvalue weighted by atomic mass is 32.2. The maximum absolute atomic E-state index is 5.61. The molecule has 0 aliphatic carbocycles. The third kappa shape index (κ3) is 3.88. The average molecular weight is 223 g/mol. The molecule has 0 aliphatic rings. The number of hydrogen-bond acceptors (Lipinski definition) is 2. The molecule has 0 spiro atoms. The fourth-order valence-electron chi connectivity index (χ4n) is 1.32. The number of nitrogens with two attached hydrogens (primary N) is 1. The van der Waals surface area contributed by atoms with E-state index in [1.165, 1.54) is 10.5 Å². The zero-order chi connectivity index (χ0) is 11.3. The van der Waals surface area contributed by atoms with Gasteiger partial charge in [-0.1, -0.05) is 39.0 Å². The van der Waals surface area contributed by atoms with E-state index in [0.717, 1.165) is 13.0 Å². The predicted molar refractivity (Wildman–Crippen MR) is 69.4 cm³/mol. The van der Waals surface area contributed by atoms with Crippen LogP contribution in [0.15, 0.2) is 29.2 Å². The average Bonchev–Trinajstić information content (AvgIpc) is 2.21. The van der Waals surface area contributed by atoms with E-state index in [2.05, 4.69) is 45.0 Å². The second kappa shape index (κ2) is 6.19. The molecular formula is C13H21NS. The highest BCUT2D eigenvalue weighted by Gasteiger charge is 2.10. The first-order valence-electron chi connectivity index (χ1n) is 5.59. The van der Waals surface area contributed by atoms with Gasteiger partial charge in [0.15, 0.2) is 0 Å². The van der Waals surface area contributed by atoms with Crippen molar-refractivity contribution in [2.45, 2.75) is 37.3 Å². The van der Waals surface area contributed by atoms with Crippen molar-refractivity contribution in [3.8, 4) is 0 Å². The molecule has 0 aromatic heterocycles. The van der Waals surface area contributed by atoms with Gasteiger partial charge in [0.1, 0.15) is 0 Å². The zero-order valence-corrected chi connectivity index (χ0v) is 10.7. The third-order valence-corrected chi connectivity index (χ3v) is 4.21. The summed E-state index contributed by atoms with van der Waals surface area (Å²) < 4.78 is 0. The van der Waals surface area contributed by atoms with Crippen molar-refractivity contribution < 1.29 is 0 Å². The van der Waals surface area contributed by atoms with Crippen molar-refractivity contribution in [1.29, 1.82) is 0 Å². The van der Waals surface area contributed by atoms with Crippen molar-refractivity contribution in [2.24, 2.45) is 11.7 Å². The van der Waals surface area contributed by atoms with Gasteiger partial charge in [-0.15, -0.1) is 11.8 Å². The molecule has 0 radical (unpaired) electrons. The second-order valence-electron chi connectivity index (χ2n) is 4.21. The lowest BCUT2D eigenvalue weighted by atomic mass is 10.1. The van der Waals surface area contributed by atoms with Crippen molar-refractivity contribution >= 4 is 11.8 Å². The van der Waals surface area contributed by atoms with Crippen LogP contribution in [0.3, 0.4) is 0 Å². The zero-order valence-electron chi connectivity index (χ0n) is 9.86. The van der Waals surface area contributed by atoms with Gasteiger partial charge in [0, 0.05) is 10.1 Å². The normalized spacial score (nSPS) is 13.1. The number of rotatable bonds is 5. The predicted octanol–water partition coefficient (Wildman–Crippen LogP) is 3.32. The summed E-state index contributed by atoms with van der Waals surface area (Å²) >= 11 is 1.96. The quantitative estimate of drug-likeness (QED) is 0.775. The molecule has 0 aliphatic heterocycles. The van der Waals surface area contributed by atoms with Crippen LogP contribution in [0.25, 0.3) is 0 Å². The summed E-state index contributed by atoms with van der Waals surface area (Å²) in [7, 11) is 0. The van der Waals surface area contributed by atoms with Gasteiger partial charge in [-0.3, -0.25) is 0 Å². The van der Waals surface area contributed by atoms with Gasteiger partial charge in [0.05, 0.1) is 0 Å². The summed E-state index contributed by atoms with van der Waals surface area (Å²) in [5.41, 5.74) is 7.00. The van der Waals surface area contributed by atoms with Crippen LogP contribution in [-0.4, -0.2) is 11.8 Å². The van der Waals surface area contributed by atoms with E-state index in [9.17, 15) is 0 Å². The standard InChI is InChI=1S/C13H21NS/c1-10(2)11(3)15-13-7-5-4-6-12(13)8-9-14/h4-7,10-11H,8-9,14H2,1-3H3. The first kappa shape index (κ1) is 12.6. The van der Waals surface area contributed by atoms with Crippen LogP contribution in [0.4, 0.5) is 0 Å². The molecule has 0 amide bonds. The Morgan fingerprint density at radius 3 is 2.47 bits per heavy atom. The molecule has 15 heavy (non-hydrogen) atoms. The maximum Gasteiger partial charge on any atom is 0.0107 e. The molecule has 0 saturated carbocycles. The van der Waals surface area contributed by atoms with E-state index >= 15 is 0 Å². The Morgan fingerprint density at radius 2 is 1.87 bits per heavy atom. The fourth-order valence-corrected chi connectivity index (χ4v) is 2.47. The van der Waals surface area contributed by atoms with E-state index in [1.807, 2.05) is 11.8 Å². The first-order chi connectivity index (χ1) is 7.15. The summed E-state index contributed by atoms with van der Waals surface area (Å²) in [6.07, 6.45) is 0.980.